The summed E-state index contributed by atoms with van der Waals surface area (Å²) < 4.78 is 6.99. The largest absolute Gasteiger partial charge is 0.461 e. The zero-order valence-corrected chi connectivity index (χ0v) is 23.2. The molecule has 4 aromatic carbocycles. The smallest absolute Gasteiger partial charge is 0.308 e. The maximum absolute atomic E-state index is 13.6. The van der Waals surface area contributed by atoms with Crippen LogP contribution >= 0.6 is 0 Å². The van der Waals surface area contributed by atoms with Crippen molar-refractivity contribution in [3.63, 3.8) is 0 Å². The minimum absolute atomic E-state index is 0.111. The van der Waals surface area contributed by atoms with Crippen LogP contribution < -0.4 is 5.32 Å². The van der Waals surface area contributed by atoms with E-state index in [1.54, 1.807) is 12.4 Å². The van der Waals surface area contributed by atoms with Crippen molar-refractivity contribution in [1.82, 2.24) is 15.1 Å². The minimum atomic E-state index is -0.963. The number of esters is 1. The van der Waals surface area contributed by atoms with Gasteiger partial charge in [0.15, 0.2) is 0 Å². The first-order valence-corrected chi connectivity index (χ1v) is 13.9. The van der Waals surface area contributed by atoms with Crippen LogP contribution in [-0.2, 0) is 27.4 Å². The summed E-state index contributed by atoms with van der Waals surface area (Å²) in [5.41, 5.74) is 5.81. The van der Waals surface area contributed by atoms with Crippen molar-refractivity contribution in [1.29, 1.82) is 0 Å². The number of rotatable bonds is 12. The standard InChI is InChI=1S/C35H33N3O4/c39-24-32(20-26-10-4-1-5-11-26)37-35(41)33(21-34(40)42-25-27-12-6-2-7-13-27)38-23-31(22-36-38)30-18-16-29(17-19-30)28-14-8-3-9-15-28/h1-19,22-23,32-33,39H,20-21,24-25H2,(H,37,41). The molecule has 0 aliphatic carbocycles. The molecule has 42 heavy (non-hydrogen) atoms. The van der Waals surface area contributed by atoms with Gasteiger partial charge in [-0.25, -0.2) is 0 Å². The number of amides is 1. The van der Waals surface area contributed by atoms with E-state index in [9.17, 15) is 14.7 Å². The van der Waals surface area contributed by atoms with Crippen molar-refractivity contribution in [2.75, 3.05) is 6.61 Å². The van der Waals surface area contributed by atoms with Crippen molar-refractivity contribution in [2.24, 2.45) is 0 Å². The van der Waals surface area contributed by atoms with Gasteiger partial charge in [0.1, 0.15) is 12.6 Å². The van der Waals surface area contributed by atoms with E-state index < -0.39 is 24.0 Å². The maximum atomic E-state index is 13.6. The average Bonchev–Trinajstić information content (AvgIpc) is 3.54. The van der Waals surface area contributed by atoms with E-state index >= 15 is 0 Å². The molecule has 0 radical (unpaired) electrons. The highest BCUT2D eigenvalue weighted by molar-refractivity contribution is 5.85. The molecule has 0 fully saturated rings. The van der Waals surface area contributed by atoms with Crippen LogP contribution in [-0.4, -0.2) is 39.4 Å². The van der Waals surface area contributed by atoms with E-state index in [1.807, 2.05) is 103 Å². The van der Waals surface area contributed by atoms with Crippen LogP contribution in [0.5, 0.6) is 0 Å². The van der Waals surface area contributed by atoms with Gasteiger partial charge in [-0.05, 0) is 34.2 Å². The third-order valence-corrected chi connectivity index (χ3v) is 7.04. The molecule has 5 rings (SSSR count). The Hall–Kier alpha value is -5.01. The lowest BCUT2D eigenvalue weighted by atomic mass is 10.0. The Kier molecular flexibility index (Phi) is 9.54. The van der Waals surface area contributed by atoms with Gasteiger partial charge in [-0.3, -0.25) is 14.3 Å². The monoisotopic (exact) mass is 559 g/mol. The van der Waals surface area contributed by atoms with E-state index in [0.29, 0.717) is 6.42 Å². The van der Waals surface area contributed by atoms with E-state index in [4.69, 9.17) is 4.74 Å². The molecule has 0 aliphatic rings. The number of benzene rings is 4. The summed E-state index contributed by atoms with van der Waals surface area (Å²) in [5, 5.41) is 17.4. The summed E-state index contributed by atoms with van der Waals surface area (Å²) >= 11 is 0. The number of nitrogens with zero attached hydrogens (tertiary/aromatic N) is 2. The van der Waals surface area contributed by atoms with Gasteiger partial charge >= 0.3 is 5.97 Å². The van der Waals surface area contributed by atoms with E-state index in [2.05, 4.69) is 22.5 Å². The van der Waals surface area contributed by atoms with Crippen LogP contribution in [0.4, 0.5) is 0 Å². The maximum Gasteiger partial charge on any atom is 0.308 e. The van der Waals surface area contributed by atoms with Crippen LogP contribution in [0.3, 0.4) is 0 Å². The topological polar surface area (TPSA) is 93.5 Å². The van der Waals surface area contributed by atoms with Crippen molar-refractivity contribution >= 4 is 11.9 Å². The van der Waals surface area contributed by atoms with E-state index in [1.165, 1.54) is 4.68 Å². The highest BCUT2D eigenvalue weighted by atomic mass is 16.5. The lowest BCUT2D eigenvalue weighted by molar-refractivity contribution is -0.148. The highest BCUT2D eigenvalue weighted by Crippen LogP contribution is 2.26. The van der Waals surface area contributed by atoms with Crippen LogP contribution in [0.15, 0.2) is 128 Å². The number of hydrogen-bond acceptors (Lipinski definition) is 5. The van der Waals surface area contributed by atoms with Gasteiger partial charge in [0.25, 0.3) is 0 Å². The van der Waals surface area contributed by atoms with Crippen molar-refractivity contribution < 1.29 is 19.4 Å². The summed E-state index contributed by atoms with van der Waals surface area (Å²) in [6.07, 6.45) is 3.68. The number of aliphatic hydroxyl groups excluding tert-OH is 1. The Morgan fingerprint density at radius 3 is 1.90 bits per heavy atom. The predicted molar refractivity (Wildman–Crippen MR) is 162 cm³/mol. The van der Waals surface area contributed by atoms with Crippen molar-refractivity contribution in [3.05, 3.63) is 139 Å². The average molecular weight is 560 g/mol. The van der Waals surface area contributed by atoms with Gasteiger partial charge in [0, 0.05) is 11.8 Å². The van der Waals surface area contributed by atoms with Crippen LogP contribution in [0.2, 0.25) is 0 Å². The molecule has 0 saturated heterocycles. The molecule has 1 heterocycles. The van der Waals surface area contributed by atoms with Gasteiger partial charge in [-0.1, -0.05) is 115 Å². The molecular weight excluding hydrogens is 526 g/mol. The molecule has 0 saturated carbocycles. The second-order valence-electron chi connectivity index (χ2n) is 10.1. The Morgan fingerprint density at radius 2 is 1.29 bits per heavy atom. The molecule has 1 amide bonds. The molecule has 0 spiro atoms. The molecule has 5 aromatic rings. The Bertz CT molecular complexity index is 1570. The number of aliphatic hydroxyl groups is 1. The zero-order chi connectivity index (χ0) is 29.1. The highest BCUT2D eigenvalue weighted by Gasteiger charge is 2.28. The van der Waals surface area contributed by atoms with E-state index in [0.717, 1.165) is 33.4 Å². The molecule has 2 atom stereocenters. The summed E-state index contributed by atoms with van der Waals surface area (Å²) in [6, 6.07) is 35.7. The molecule has 7 nitrogen and oxygen atoms in total. The normalized spacial score (nSPS) is 12.3. The summed E-state index contributed by atoms with van der Waals surface area (Å²) in [4.78, 5) is 26.5. The van der Waals surface area contributed by atoms with Crippen molar-refractivity contribution in [2.45, 2.75) is 31.5 Å². The second kappa shape index (κ2) is 14.1. The van der Waals surface area contributed by atoms with Crippen LogP contribution in [0.25, 0.3) is 22.3 Å². The number of carbonyl (C=O) groups is 2. The first-order chi connectivity index (χ1) is 20.6. The molecule has 0 aliphatic heterocycles. The Balaban J connectivity index is 1.33. The van der Waals surface area contributed by atoms with Crippen molar-refractivity contribution in [3.8, 4) is 22.3 Å². The minimum Gasteiger partial charge on any atom is -0.461 e. The molecule has 7 heteroatoms. The van der Waals surface area contributed by atoms with E-state index in [-0.39, 0.29) is 19.6 Å². The Labute approximate surface area is 245 Å². The summed E-state index contributed by atoms with van der Waals surface area (Å²) in [5.74, 6) is -0.942. The first kappa shape index (κ1) is 28.5. The SMILES string of the molecule is O=C(CC(C(=O)NC(CO)Cc1ccccc1)n1cc(-c2ccc(-c3ccccc3)cc2)cn1)OCc1ccccc1. The third-order valence-electron chi connectivity index (χ3n) is 7.04. The second-order valence-corrected chi connectivity index (χ2v) is 10.1. The molecular formula is C35H33N3O4. The number of nitrogens with one attached hydrogen (secondary N) is 1. The fourth-order valence-corrected chi connectivity index (χ4v) is 4.76. The third kappa shape index (κ3) is 7.59. The quantitative estimate of drug-likeness (QED) is 0.194. The summed E-state index contributed by atoms with van der Waals surface area (Å²) in [6.45, 7) is -0.136. The number of ether oxygens (including phenoxy) is 1. The molecule has 2 unspecified atom stereocenters. The number of carbonyl (C=O) groups excluding carboxylic acids is 2. The lowest BCUT2D eigenvalue weighted by Gasteiger charge is -2.21. The fraction of sp³-hybridized carbons (Fsp3) is 0.171. The number of aromatic nitrogens is 2. The molecule has 212 valence electrons. The zero-order valence-electron chi connectivity index (χ0n) is 23.2. The van der Waals surface area contributed by atoms with Gasteiger partial charge < -0.3 is 15.2 Å². The van der Waals surface area contributed by atoms with Gasteiger partial charge in [-0.2, -0.15) is 5.10 Å². The molecule has 2 N–H and O–H groups in total. The van der Waals surface area contributed by atoms with Crippen LogP contribution in [0, 0.1) is 0 Å². The van der Waals surface area contributed by atoms with Crippen LogP contribution in [0.1, 0.15) is 23.6 Å². The van der Waals surface area contributed by atoms with Gasteiger partial charge in [-0.15, -0.1) is 0 Å². The van der Waals surface area contributed by atoms with Gasteiger partial charge in [0.2, 0.25) is 5.91 Å². The summed E-state index contributed by atoms with van der Waals surface area (Å²) in [7, 11) is 0. The predicted octanol–water partition coefficient (Wildman–Crippen LogP) is 5.61. The lowest BCUT2D eigenvalue weighted by Crippen LogP contribution is -2.43. The molecule has 0 bridgehead atoms. The Morgan fingerprint density at radius 1 is 0.738 bits per heavy atom. The van der Waals surface area contributed by atoms with Gasteiger partial charge in [0.05, 0.1) is 25.3 Å². The molecule has 1 aromatic heterocycles. The first-order valence-electron chi connectivity index (χ1n) is 13.9. The fourth-order valence-electron chi connectivity index (χ4n) is 4.76. The number of hydrogen-bond donors (Lipinski definition) is 2.